The Morgan fingerprint density at radius 1 is 1.40 bits per heavy atom. The van der Waals surface area contributed by atoms with E-state index in [1.165, 1.54) is 0 Å². The van der Waals surface area contributed by atoms with Crippen LogP contribution in [0.4, 0.5) is 0 Å². The number of carbonyl (C=O) groups excluding carboxylic acids is 2. The predicted octanol–water partition coefficient (Wildman–Crippen LogP) is -1.35. The van der Waals surface area contributed by atoms with Gasteiger partial charge >= 0.3 is 16.3 Å². The first-order chi connectivity index (χ1) is 6.92. The molecular formula is C7H9NO6S. The zero-order chi connectivity index (χ0) is 11.2. The van der Waals surface area contributed by atoms with Gasteiger partial charge in [0.2, 0.25) is 5.91 Å². The molecule has 2 heterocycles. The normalized spacial score (nSPS) is 34.6. The molecule has 2 unspecified atom stereocenters. The van der Waals surface area contributed by atoms with Crippen molar-refractivity contribution in [3.63, 3.8) is 0 Å². The summed E-state index contributed by atoms with van der Waals surface area (Å²) in [5.74, 6) is -1.86. The fourth-order valence-corrected chi connectivity index (χ4v) is 2.55. The molecule has 2 aliphatic heterocycles. The second-order valence-corrected chi connectivity index (χ2v) is 4.99. The van der Waals surface area contributed by atoms with Crippen molar-refractivity contribution >= 4 is 22.2 Å². The molecule has 0 aromatic rings. The molecule has 2 rings (SSSR count). The molecule has 0 aromatic carbocycles. The summed E-state index contributed by atoms with van der Waals surface area (Å²) in [6.07, 6.45) is -1.12. The van der Waals surface area contributed by atoms with E-state index < -0.39 is 34.2 Å². The summed E-state index contributed by atoms with van der Waals surface area (Å²) in [4.78, 5) is 22.5. The number of carbonyl (C=O) groups is 2. The maximum Gasteiger partial charge on any atom is 0.364 e. The molecule has 2 saturated heterocycles. The van der Waals surface area contributed by atoms with E-state index in [0.717, 1.165) is 7.05 Å². The summed E-state index contributed by atoms with van der Waals surface area (Å²) >= 11 is 0. The highest BCUT2D eigenvalue weighted by molar-refractivity contribution is 7.85. The van der Waals surface area contributed by atoms with Gasteiger partial charge in [0.1, 0.15) is 18.6 Å². The Morgan fingerprint density at radius 3 is 2.73 bits per heavy atom. The van der Waals surface area contributed by atoms with Crippen LogP contribution >= 0.6 is 0 Å². The van der Waals surface area contributed by atoms with Crippen molar-refractivity contribution in [2.24, 2.45) is 5.92 Å². The predicted molar refractivity (Wildman–Crippen MR) is 45.6 cm³/mol. The van der Waals surface area contributed by atoms with Crippen molar-refractivity contribution in [3.05, 3.63) is 0 Å². The quantitative estimate of drug-likeness (QED) is 0.482. The van der Waals surface area contributed by atoms with Gasteiger partial charge in [0.05, 0.1) is 6.42 Å². The number of cyclic esters (lactones) is 1. The second-order valence-electron chi connectivity index (χ2n) is 3.39. The average molecular weight is 235 g/mol. The van der Waals surface area contributed by atoms with Crippen molar-refractivity contribution in [1.82, 2.24) is 4.31 Å². The Labute approximate surface area is 86.2 Å². The Balaban J connectivity index is 2.30. The summed E-state index contributed by atoms with van der Waals surface area (Å²) in [6.45, 7) is -0.123. The fraction of sp³-hybridized carbons (Fsp3) is 0.714. The number of ether oxygens (including phenoxy) is 1. The number of hydrogen-bond donors (Lipinski definition) is 0. The standard InChI is InChI=1S/C7H9NO6S/c1-8-7(10)4-3-13-6(9)2-5(4)14-15(8,11)12/h4-5H,2-3H2,1H3. The Kier molecular flexibility index (Phi) is 2.19. The lowest BCUT2D eigenvalue weighted by Crippen LogP contribution is -2.54. The van der Waals surface area contributed by atoms with E-state index in [9.17, 15) is 18.0 Å². The Morgan fingerprint density at radius 2 is 2.07 bits per heavy atom. The van der Waals surface area contributed by atoms with Crippen LogP contribution in [0.2, 0.25) is 0 Å². The molecule has 0 bridgehead atoms. The van der Waals surface area contributed by atoms with Gasteiger partial charge in [-0.25, -0.2) is 8.49 Å². The number of fused-ring (bicyclic) bond motifs is 1. The van der Waals surface area contributed by atoms with E-state index in [2.05, 4.69) is 4.74 Å². The summed E-state index contributed by atoms with van der Waals surface area (Å²) in [5, 5.41) is 0. The van der Waals surface area contributed by atoms with Crippen LogP contribution in [0, 0.1) is 5.92 Å². The zero-order valence-corrected chi connectivity index (χ0v) is 8.69. The van der Waals surface area contributed by atoms with Gasteiger partial charge in [-0.05, 0) is 0 Å². The monoisotopic (exact) mass is 235 g/mol. The summed E-state index contributed by atoms with van der Waals surface area (Å²) in [7, 11) is -2.91. The van der Waals surface area contributed by atoms with Crippen LogP contribution < -0.4 is 0 Å². The molecule has 0 spiro atoms. The van der Waals surface area contributed by atoms with Crippen LogP contribution in [0.5, 0.6) is 0 Å². The third-order valence-corrected chi connectivity index (χ3v) is 3.79. The van der Waals surface area contributed by atoms with Crippen LogP contribution in [0.1, 0.15) is 6.42 Å². The Hall–Kier alpha value is -1.15. The molecular weight excluding hydrogens is 226 g/mol. The lowest BCUT2D eigenvalue weighted by atomic mass is 9.97. The van der Waals surface area contributed by atoms with E-state index >= 15 is 0 Å². The van der Waals surface area contributed by atoms with Gasteiger partial charge < -0.3 is 4.74 Å². The molecule has 2 atom stereocenters. The third-order valence-electron chi connectivity index (χ3n) is 2.45. The largest absolute Gasteiger partial charge is 0.465 e. The van der Waals surface area contributed by atoms with Crippen molar-refractivity contribution in [1.29, 1.82) is 0 Å². The second kappa shape index (κ2) is 3.17. The van der Waals surface area contributed by atoms with Gasteiger partial charge in [-0.3, -0.25) is 9.59 Å². The average Bonchev–Trinajstić information content (AvgIpc) is 2.13. The smallest absolute Gasteiger partial charge is 0.364 e. The number of esters is 1. The minimum atomic E-state index is -4.03. The van der Waals surface area contributed by atoms with Gasteiger partial charge in [0, 0.05) is 7.05 Å². The molecule has 0 N–H and O–H groups in total. The fourth-order valence-electron chi connectivity index (χ4n) is 1.55. The molecule has 7 nitrogen and oxygen atoms in total. The molecule has 0 aromatic heterocycles. The number of nitrogens with zero attached hydrogens (tertiary/aromatic N) is 1. The molecule has 8 heteroatoms. The van der Waals surface area contributed by atoms with Gasteiger partial charge in [-0.15, -0.1) is 0 Å². The van der Waals surface area contributed by atoms with E-state index in [4.69, 9.17) is 4.18 Å². The molecule has 2 aliphatic rings. The number of amides is 1. The van der Waals surface area contributed by atoms with Crippen molar-refractivity contribution in [3.8, 4) is 0 Å². The highest BCUT2D eigenvalue weighted by atomic mass is 32.2. The number of rotatable bonds is 0. The van der Waals surface area contributed by atoms with Crippen molar-refractivity contribution < 1.29 is 26.9 Å². The number of hydrogen-bond acceptors (Lipinski definition) is 6. The SMILES string of the molecule is CN1C(=O)C2COC(=O)CC2OS1(=O)=O. The van der Waals surface area contributed by atoms with Gasteiger partial charge in [-0.1, -0.05) is 0 Å². The van der Waals surface area contributed by atoms with E-state index in [0.29, 0.717) is 4.31 Å². The topological polar surface area (TPSA) is 90.0 Å². The summed E-state index contributed by atoms with van der Waals surface area (Å²) in [6, 6.07) is 0. The molecule has 0 saturated carbocycles. The van der Waals surface area contributed by atoms with Gasteiger partial charge in [0.25, 0.3) is 0 Å². The van der Waals surface area contributed by atoms with Gasteiger partial charge in [0.15, 0.2) is 0 Å². The van der Waals surface area contributed by atoms with Crippen LogP contribution in [-0.4, -0.2) is 44.4 Å². The molecule has 0 aliphatic carbocycles. The van der Waals surface area contributed by atoms with E-state index in [-0.39, 0.29) is 13.0 Å². The van der Waals surface area contributed by atoms with Crippen molar-refractivity contribution in [2.75, 3.05) is 13.7 Å². The van der Waals surface area contributed by atoms with Crippen LogP contribution in [0.3, 0.4) is 0 Å². The lowest BCUT2D eigenvalue weighted by Gasteiger charge is -2.36. The summed E-state index contributed by atoms with van der Waals surface area (Å²) in [5.41, 5.74) is 0. The van der Waals surface area contributed by atoms with Crippen LogP contribution in [-0.2, 0) is 28.8 Å². The minimum Gasteiger partial charge on any atom is -0.465 e. The van der Waals surface area contributed by atoms with Crippen LogP contribution in [0.25, 0.3) is 0 Å². The minimum absolute atomic E-state index is 0.123. The maximum atomic E-state index is 11.6. The third kappa shape index (κ3) is 1.59. The van der Waals surface area contributed by atoms with E-state index in [1.54, 1.807) is 0 Å². The van der Waals surface area contributed by atoms with Gasteiger partial charge in [-0.2, -0.15) is 8.42 Å². The van der Waals surface area contributed by atoms with E-state index in [1.807, 2.05) is 0 Å². The van der Waals surface area contributed by atoms with Crippen molar-refractivity contribution in [2.45, 2.75) is 12.5 Å². The molecule has 1 amide bonds. The first-order valence-electron chi connectivity index (χ1n) is 4.28. The Bertz CT molecular complexity index is 415. The lowest BCUT2D eigenvalue weighted by molar-refractivity contribution is -0.162. The molecule has 84 valence electrons. The highest BCUT2D eigenvalue weighted by Crippen LogP contribution is 2.28. The highest BCUT2D eigenvalue weighted by Gasteiger charge is 2.48. The summed E-state index contributed by atoms with van der Waals surface area (Å²) < 4.78 is 32.5. The molecule has 0 radical (unpaired) electrons. The first kappa shape index (κ1) is 10.4. The first-order valence-corrected chi connectivity index (χ1v) is 5.65. The molecule has 2 fully saturated rings. The molecule has 15 heavy (non-hydrogen) atoms. The van der Waals surface area contributed by atoms with Crippen LogP contribution in [0.15, 0.2) is 0 Å². The zero-order valence-electron chi connectivity index (χ0n) is 7.87. The maximum absolute atomic E-state index is 11.6.